The molecule has 2 aromatic rings. The Balaban J connectivity index is 1.43. The van der Waals surface area contributed by atoms with Crippen molar-refractivity contribution in [1.29, 1.82) is 0 Å². The highest BCUT2D eigenvalue weighted by molar-refractivity contribution is 5.44. The molecular formula is C20H25NO5. The van der Waals surface area contributed by atoms with Gasteiger partial charge in [0.25, 0.3) is 0 Å². The molecule has 0 bridgehead atoms. The number of benzene rings is 2. The number of ether oxygens (including phenoxy) is 3. The summed E-state index contributed by atoms with van der Waals surface area (Å²) in [7, 11) is 0. The van der Waals surface area contributed by atoms with Gasteiger partial charge in [-0.1, -0.05) is 36.4 Å². The molecule has 6 nitrogen and oxygen atoms in total. The van der Waals surface area contributed by atoms with Crippen LogP contribution < -0.4 is 9.47 Å². The Kier molecular flexibility index (Phi) is 6.85. The molecule has 0 amide bonds. The van der Waals surface area contributed by atoms with E-state index in [1.807, 2.05) is 53.4 Å². The molecular weight excluding hydrogens is 334 g/mol. The van der Waals surface area contributed by atoms with Crippen LogP contribution in [0.3, 0.4) is 0 Å². The standard InChI is InChI=1S/C20H25NO5/c22-9-8-21(11-16-4-2-1-3-5-16)12-18(23)14-24-13-17-6-7-19-20(10-17)26-15-25-19/h1-7,10,18,22-23H,8-9,11-15H2/t18-/m0/s1. The Morgan fingerprint density at radius 3 is 2.65 bits per heavy atom. The third-order valence-electron chi connectivity index (χ3n) is 4.15. The van der Waals surface area contributed by atoms with Crippen molar-refractivity contribution in [3.05, 3.63) is 59.7 Å². The first-order valence-corrected chi connectivity index (χ1v) is 8.76. The van der Waals surface area contributed by atoms with Crippen molar-refractivity contribution in [2.24, 2.45) is 0 Å². The maximum atomic E-state index is 10.3. The lowest BCUT2D eigenvalue weighted by atomic mass is 10.2. The highest BCUT2D eigenvalue weighted by Gasteiger charge is 2.15. The normalized spacial score (nSPS) is 14.0. The summed E-state index contributed by atoms with van der Waals surface area (Å²) in [4.78, 5) is 2.02. The van der Waals surface area contributed by atoms with Crippen molar-refractivity contribution >= 4 is 0 Å². The summed E-state index contributed by atoms with van der Waals surface area (Å²) >= 11 is 0. The van der Waals surface area contributed by atoms with Crippen LogP contribution in [0.1, 0.15) is 11.1 Å². The Bertz CT molecular complexity index is 679. The molecule has 1 aliphatic rings. The van der Waals surface area contributed by atoms with Crippen molar-refractivity contribution in [2.75, 3.05) is 33.1 Å². The fraction of sp³-hybridized carbons (Fsp3) is 0.400. The second-order valence-corrected chi connectivity index (χ2v) is 6.30. The highest BCUT2D eigenvalue weighted by Crippen LogP contribution is 2.32. The number of rotatable bonds is 10. The van der Waals surface area contributed by atoms with E-state index >= 15 is 0 Å². The number of aliphatic hydroxyl groups is 2. The van der Waals surface area contributed by atoms with Crippen molar-refractivity contribution in [3.63, 3.8) is 0 Å². The van der Waals surface area contributed by atoms with Crippen molar-refractivity contribution in [3.8, 4) is 11.5 Å². The van der Waals surface area contributed by atoms with Crippen LogP contribution in [0.25, 0.3) is 0 Å². The maximum Gasteiger partial charge on any atom is 0.231 e. The molecule has 1 atom stereocenters. The SMILES string of the molecule is OCCN(Cc1ccccc1)C[C@H](O)COCc1ccc2c(c1)OCO2. The molecule has 0 spiro atoms. The number of hydrogen-bond donors (Lipinski definition) is 2. The van der Waals surface area contributed by atoms with E-state index in [1.165, 1.54) is 0 Å². The van der Waals surface area contributed by atoms with Crippen LogP contribution >= 0.6 is 0 Å². The summed E-state index contributed by atoms with van der Waals surface area (Å²) in [5, 5.41) is 19.5. The molecule has 26 heavy (non-hydrogen) atoms. The van der Waals surface area contributed by atoms with Gasteiger partial charge in [0.1, 0.15) is 0 Å². The Labute approximate surface area is 153 Å². The predicted octanol–water partition coefficient (Wildman–Crippen LogP) is 1.79. The van der Waals surface area contributed by atoms with Crippen LogP contribution in [-0.4, -0.2) is 54.3 Å². The Morgan fingerprint density at radius 1 is 1.04 bits per heavy atom. The molecule has 0 saturated carbocycles. The summed E-state index contributed by atoms with van der Waals surface area (Å²) in [6.45, 7) is 2.56. The summed E-state index contributed by atoms with van der Waals surface area (Å²) in [5.74, 6) is 1.47. The third kappa shape index (κ3) is 5.44. The minimum atomic E-state index is -0.626. The van der Waals surface area contributed by atoms with Gasteiger partial charge >= 0.3 is 0 Å². The number of nitrogens with zero attached hydrogens (tertiary/aromatic N) is 1. The van der Waals surface area contributed by atoms with Gasteiger partial charge in [-0.05, 0) is 23.3 Å². The lowest BCUT2D eigenvalue weighted by Gasteiger charge is -2.24. The van der Waals surface area contributed by atoms with Crippen LogP contribution in [-0.2, 0) is 17.9 Å². The minimum Gasteiger partial charge on any atom is -0.454 e. The number of hydrogen-bond acceptors (Lipinski definition) is 6. The number of aliphatic hydroxyl groups excluding tert-OH is 2. The van der Waals surface area contributed by atoms with Gasteiger partial charge in [0.15, 0.2) is 11.5 Å². The van der Waals surface area contributed by atoms with E-state index < -0.39 is 6.10 Å². The van der Waals surface area contributed by atoms with Crippen molar-refractivity contribution < 1.29 is 24.4 Å². The predicted molar refractivity (Wildman–Crippen MR) is 97.0 cm³/mol. The third-order valence-corrected chi connectivity index (χ3v) is 4.15. The van der Waals surface area contributed by atoms with Crippen LogP contribution in [0.2, 0.25) is 0 Å². The molecule has 0 radical (unpaired) electrons. The molecule has 0 saturated heterocycles. The average molecular weight is 359 g/mol. The van der Waals surface area contributed by atoms with Crippen molar-refractivity contribution in [2.45, 2.75) is 19.3 Å². The van der Waals surface area contributed by atoms with E-state index in [-0.39, 0.29) is 20.0 Å². The van der Waals surface area contributed by atoms with E-state index in [2.05, 4.69) is 0 Å². The van der Waals surface area contributed by atoms with Gasteiger partial charge in [-0.15, -0.1) is 0 Å². The molecule has 0 aromatic heterocycles. The van der Waals surface area contributed by atoms with Crippen LogP contribution in [0.15, 0.2) is 48.5 Å². The molecule has 140 valence electrons. The Morgan fingerprint density at radius 2 is 1.85 bits per heavy atom. The quantitative estimate of drug-likeness (QED) is 0.674. The minimum absolute atomic E-state index is 0.0532. The average Bonchev–Trinajstić information content (AvgIpc) is 3.10. The lowest BCUT2D eigenvalue weighted by molar-refractivity contribution is 0.00616. The van der Waals surface area contributed by atoms with Gasteiger partial charge in [-0.3, -0.25) is 4.90 Å². The number of fused-ring (bicyclic) bond motifs is 1. The van der Waals surface area contributed by atoms with Crippen LogP contribution in [0.5, 0.6) is 11.5 Å². The molecule has 3 rings (SSSR count). The fourth-order valence-corrected chi connectivity index (χ4v) is 2.91. The van der Waals surface area contributed by atoms with Crippen LogP contribution in [0, 0.1) is 0 Å². The summed E-state index contributed by atoms with van der Waals surface area (Å²) in [6, 6.07) is 15.7. The smallest absolute Gasteiger partial charge is 0.231 e. The zero-order chi connectivity index (χ0) is 18.2. The van der Waals surface area contributed by atoms with Crippen molar-refractivity contribution in [1.82, 2.24) is 4.90 Å². The van der Waals surface area contributed by atoms with Gasteiger partial charge < -0.3 is 24.4 Å². The summed E-state index contributed by atoms with van der Waals surface area (Å²) in [5.41, 5.74) is 2.12. The summed E-state index contributed by atoms with van der Waals surface area (Å²) in [6.07, 6.45) is -0.626. The molecule has 1 aliphatic heterocycles. The summed E-state index contributed by atoms with van der Waals surface area (Å²) < 4.78 is 16.3. The van der Waals surface area contributed by atoms with E-state index in [4.69, 9.17) is 14.2 Å². The van der Waals surface area contributed by atoms with E-state index in [1.54, 1.807) is 0 Å². The monoisotopic (exact) mass is 359 g/mol. The fourth-order valence-electron chi connectivity index (χ4n) is 2.91. The molecule has 1 heterocycles. The molecule has 6 heteroatoms. The molecule has 0 aliphatic carbocycles. The Hall–Kier alpha value is -2.12. The maximum absolute atomic E-state index is 10.3. The van der Waals surface area contributed by atoms with Gasteiger partial charge in [0.2, 0.25) is 6.79 Å². The van der Waals surface area contributed by atoms with E-state index in [9.17, 15) is 10.2 Å². The van der Waals surface area contributed by atoms with Gasteiger partial charge in [-0.25, -0.2) is 0 Å². The highest BCUT2D eigenvalue weighted by atomic mass is 16.7. The topological polar surface area (TPSA) is 71.4 Å². The van der Waals surface area contributed by atoms with E-state index in [0.717, 1.165) is 22.6 Å². The zero-order valence-corrected chi connectivity index (χ0v) is 14.7. The molecule has 0 unspecified atom stereocenters. The first-order valence-electron chi connectivity index (χ1n) is 8.76. The lowest BCUT2D eigenvalue weighted by Crippen LogP contribution is -2.36. The van der Waals surface area contributed by atoms with Gasteiger partial charge in [0, 0.05) is 19.6 Å². The first kappa shape index (κ1) is 18.7. The first-order chi connectivity index (χ1) is 12.7. The molecule has 0 fully saturated rings. The van der Waals surface area contributed by atoms with Gasteiger partial charge in [0.05, 0.1) is 25.9 Å². The molecule has 2 aromatic carbocycles. The molecule has 2 N–H and O–H groups in total. The second-order valence-electron chi connectivity index (χ2n) is 6.30. The van der Waals surface area contributed by atoms with Gasteiger partial charge in [-0.2, -0.15) is 0 Å². The largest absolute Gasteiger partial charge is 0.454 e. The zero-order valence-electron chi connectivity index (χ0n) is 14.7. The second kappa shape index (κ2) is 9.54. The van der Waals surface area contributed by atoms with Crippen LogP contribution in [0.4, 0.5) is 0 Å². The van der Waals surface area contributed by atoms with E-state index in [0.29, 0.717) is 26.2 Å².